The molecule has 1 aliphatic rings. The van der Waals surface area contributed by atoms with Crippen molar-refractivity contribution in [2.75, 3.05) is 30.8 Å². The van der Waals surface area contributed by atoms with Crippen molar-refractivity contribution < 1.29 is 9.53 Å². The first kappa shape index (κ1) is 15.7. The lowest BCUT2D eigenvalue weighted by molar-refractivity contribution is 0.0601. The Bertz CT molecular complexity index is 488. The fourth-order valence-corrected chi connectivity index (χ4v) is 3.19. The first-order chi connectivity index (χ1) is 10.2. The number of methoxy groups -OCH3 is 1. The second kappa shape index (κ2) is 7.34. The molecule has 1 fully saturated rings. The smallest absolute Gasteiger partial charge is 0.337 e. The van der Waals surface area contributed by atoms with Crippen molar-refractivity contribution in [1.29, 1.82) is 0 Å². The van der Waals surface area contributed by atoms with Gasteiger partial charge in [-0.15, -0.1) is 0 Å². The Labute approximate surface area is 127 Å². The maximum Gasteiger partial charge on any atom is 0.337 e. The maximum absolute atomic E-state index is 11.5. The number of nitrogen functional groups attached to an aromatic ring is 1. The molecular formula is C17H26N2O2. The molecular weight excluding hydrogens is 264 g/mol. The first-order valence-corrected chi connectivity index (χ1v) is 7.88. The van der Waals surface area contributed by atoms with Crippen molar-refractivity contribution in [2.24, 2.45) is 5.92 Å². The summed E-state index contributed by atoms with van der Waals surface area (Å²) in [7, 11) is 1.38. The average molecular weight is 290 g/mol. The lowest BCUT2D eigenvalue weighted by Crippen LogP contribution is -2.25. The van der Waals surface area contributed by atoms with Gasteiger partial charge in [-0.05, 0) is 43.4 Å². The second-order valence-corrected chi connectivity index (χ2v) is 5.84. The lowest BCUT2D eigenvalue weighted by atomic mass is 9.96. The number of esters is 1. The Hall–Kier alpha value is -1.71. The molecule has 0 radical (unpaired) electrons. The highest BCUT2D eigenvalue weighted by atomic mass is 16.5. The van der Waals surface area contributed by atoms with Gasteiger partial charge in [0.05, 0.1) is 24.0 Å². The van der Waals surface area contributed by atoms with E-state index in [4.69, 9.17) is 10.5 Å². The molecule has 1 aromatic rings. The third kappa shape index (κ3) is 3.90. The van der Waals surface area contributed by atoms with Gasteiger partial charge in [0.1, 0.15) is 0 Å². The highest BCUT2D eigenvalue weighted by Crippen LogP contribution is 2.29. The van der Waals surface area contributed by atoms with Crippen molar-refractivity contribution in [1.82, 2.24) is 0 Å². The average Bonchev–Trinajstić information content (AvgIpc) is 2.72. The third-order valence-electron chi connectivity index (χ3n) is 4.33. The van der Waals surface area contributed by atoms with Crippen LogP contribution in [-0.4, -0.2) is 26.2 Å². The summed E-state index contributed by atoms with van der Waals surface area (Å²) in [4.78, 5) is 13.9. The van der Waals surface area contributed by atoms with Crippen LogP contribution in [0.2, 0.25) is 0 Å². The summed E-state index contributed by atoms with van der Waals surface area (Å²) < 4.78 is 4.73. The molecule has 0 amide bonds. The molecule has 0 bridgehead atoms. The van der Waals surface area contributed by atoms with Crippen LogP contribution in [0.3, 0.4) is 0 Å². The van der Waals surface area contributed by atoms with Crippen molar-refractivity contribution in [2.45, 2.75) is 39.0 Å². The molecule has 1 atom stereocenters. The highest BCUT2D eigenvalue weighted by Gasteiger charge is 2.18. The van der Waals surface area contributed by atoms with Gasteiger partial charge in [0.25, 0.3) is 0 Å². The quantitative estimate of drug-likeness (QED) is 0.681. The van der Waals surface area contributed by atoms with Crippen LogP contribution in [0.4, 0.5) is 11.4 Å². The number of carbonyl (C=O) groups is 1. The molecule has 21 heavy (non-hydrogen) atoms. The van der Waals surface area contributed by atoms with Gasteiger partial charge in [-0.2, -0.15) is 0 Å². The highest BCUT2D eigenvalue weighted by molar-refractivity contribution is 5.91. The fraction of sp³-hybridized carbons (Fsp3) is 0.588. The van der Waals surface area contributed by atoms with E-state index in [0.29, 0.717) is 11.3 Å². The molecule has 0 aromatic heterocycles. The zero-order chi connectivity index (χ0) is 15.2. The summed E-state index contributed by atoms with van der Waals surface area (Å²) in [6.07, 6.45) is 6.34. The van der Waals surface area contributed by atoms with E-state index in [2.05, 4.69) is 11.8 Å². The zero-order valence-corrected chi connectivity index (χ0v) is 13.1. The minimum Gasteiger partial charge on any atom is -0.465 e. The molecule has 4 heteroatoms. The second-order valence-electron chi connectivity index (χ2n) is 5.84. The number of hydrogen-bond donors (Lipinski definition) is 1. The van der Waals surface area contributed by atoms with Crippen molar-refractivity contribution >= 4 is 17.3 Å². The fourth-order valence-electron chi connectivity index (χ4n) is 3.19. The summed E-state index contributed by atoms with van der Waals surface area (Å²) in [6, 6.07) is 5.46. The van der Waals surface area contributed by atoms with Crippen LogP contribution < -0.4 is 10.6 Å². The molecule has 0 saturated carbocycles. The maximum atomic E-state index is 11.5. The molecule has 2 N–H and O–H groups in total. The summed E-state index contributed by atoms with van der Waals surface area (Å²) >= 11 is 0. The largest absolute Gasteiger partial charge is 0.465 e. The van der Waals surface area contributed by atoms with Gasteiger partial charge in [0.2, 0.25) is 0 Å². The molecule has 1 heterocycles. The topological polar surface area (TPSA) is 55.6 Å². The van der Waals surface area contributed by atoms with E-state index in [1.807, 2.05) is 6.07 Å². The summed E-state index contributed by atoms with van der Waals surface area (Å²) in [5.74, 6) is 0.502. The van der Waals surface area contributed by atoms with E-state index in [1.54, 1.807) is 12.1 Å². The molecule has 0 aliphatic carbocycles. The Kier molecular flexibility index (Phi) is 5.48. The summed E-state index contributed by atoms with van der Waals surface area (Å²) in [6.45, 7) is 4.35. The van der Waals surface area contributed by atoms with E-state index in [0.717, 1.165) is 24.7 Å². The van der Waals surface area contributed by atoms with Gasteiger partial charge >= 0.3 is 5.97 Å². The zero-order valence-electron chi connectivity index (χ0n) is 13.1. The number of anilines is 2. The first-order valence-electron chi connectivity index (χ1n) is 7.88. The van der Waals surface area contributed by atoms with E-state index < -0.39 is 0 Å². The number of ether oxygens (including phenoxy) is 1. The molecule has 4 nitrogen and oxygen atoms in total. The van der Waals surface area contributed by atoms with Crippen molar-refractivity contribution in [3.05, 3.63) is 23.8 Å². The van der Waals surface area contributed by atoms with Crippen molar-refractivity contribution in [3.8, 4) is 0 Å². The van der Waals surface area contributed by atoms with Crippen LogP contribution in [0, 0.1) is 5.92 Å². The van der Waals surface area contributed by atoms with Crippen LogP contribution in [0.1, 0.15) is 49.4 Å². The molecule has 1 aromatic carbocycles. The van der Waals surface area contributed by atoms with Gasteiger partial charge in [-0.25, -0.2) is 4.79 Å². The Morgan fingerprint density at radius 3 is 2.86 bits per heavy atom. The normalized spacial score (nSPS) is 19.1. The molecule has 1 unspecified atom stereocenters. The molecule has 0 spiro atoms. The van der Waals surface area contributed by atoms with Crippen LogP contribution >= 0.6 is 0 Å². The lowest BCUT2D eigenvalue weighted by Gasteiger charge is -2.24. The molecule has 2 rings (SSSR count). The van der Waals surface area contributed by atoms with Crippen LogP contribution in [0.25, 0.3) is 0 Å². The van der Waals surface area contributed by atoms with Crippen LogP contribution in [0.5, 0.6) is 0 Å². The predicted molar refractivity (Wildman–Crippen MR) is 86.7 cm³/mol. The van der Waals surface area contributed by atoms with E-state index >= 15 is 0 Å². The number of hydrogen-bond acceptors (Lipinski definition) is 4. The standard InChI is InChI=1S/C17H26N2O2/c1-3-5-13-6-4-10-19(11-9-13)16-8-7-14(12-15(16)18)17(20)21-2/h7-8,12-13H,3-6,9-11,18H2,1-2H3. The third-order valence-corrected chi connectivity index (χ3v) is 4.33. The van der Waals surface area contributed by atoms with E-state index in [9.17, 15) is 4.79 Å². The monoisotopic (exact) mass is 290 g/mol. The Morgan fingerprint density at radius 2 is 2.19 bits per heavy atom. The van der Waals surface area contributed by atoms with Gasteiger partial charge in [0.15, 0.2) is 0 Å². The van der Waals surface area contributed by atoms with Crippen LogP contribution in [0.15, 0.2) is 18.2 Å². The van der Waals surface area contributed by atoms with Crippen LogP contribution in [-0.2, 0) is 4.74 Å². The van der Waals surface area contributed by atoms with Gasteiger partial charge in [-0.1, -0.05) is 19.8 Å². The van der Waals surface area contributed by atoms with Gasteiger partial charge in [0, 0.05) is 13.1 Å². The van der Waals surface area contributed by atoms with Gasteiger partial charge < -0.3 is 15.4 Å². The SMILES string of the molecule is CCCC1CCCN(c2ccc(C(=O)OC)cc2N)CC1. The molecule has 116 valence electrons. The Balaban J connectivity index is 2.09. The van der Waals surface area contributed by atoms with E-state index in [-0.39, 0.29) is 5.97 Å². The number of rotatable bonds is 4. The number of carbonyl (C=O) groups excluding carboxylic acids is 1. The van der Waals surface area contributed by atoms with Crippen molar-refractivity contribution in [3.63, 3.8) is 0 Å². The van der Waals surface area contributed by atoms with Gasteiger partial charge in [-0.3, -0.25) is 0 Å². The number of benzene rings is 1. The number of nitrogens with two attached hydrogens (primary N) is 1. The van der Waals surface area contributed by atoms with E-state index in [1.165, 1.54) is 39.2 Å². The molecule has 1 saturated heterocycles. The summed E-state index contributed by atoms with van der Waals surface area (Å²) in [5, 5.41) is 0. The number of nitrogens with zero attached hydrogens (tertiary/aromatic N) is 1. The Morgan fingerprint density at radius 1 is 1.38 bits per heavy atom. The molecule has 1 aliphatic heterocycles. The predicted octanol–water partition coefficient (Wildman–Crippen LogP) is 3.46. The minimum atomic E-state index is -0.341. The minimum absolute atomic E-state index is 0.341. The summed E-state index contributed by atoms with van der Waals surface area (Å²) in [5.41, 5.74) is 8.35.